The average Bonchev–Trinajstić information content (AvgIpc) is 2.68. The Bertz CT molecular complexity index is 562. The molecule has 0 aliphatic carbocycles. The third kappa shape index (κ3) is 2.53. The van der Waals surface area contributed by atoms with Gasteiger partial charge in [-0.15, -0.1) is 3.89 Å². The van der Waals surface area contributed by atoms with E-state index in [9.17, 15) is 17.1 Å². The van der Waals surface area contributed by atoms with E-state index >= 15 is 0 Å². The first kappa shape index (κ1) is 13.0. The molecule has 18 heavy (non-hydrogen) atoms. The monoisotopic (exact) mass is 275 g/mol. The first-order valence-corrected chi connectivity index (χ1v) is 7.07. The minimum atomic E-state index is -4.55. The van der Waals surface area contributed by atoms with Crippen LogP contribution in [0.5, 0.6) is 0 Å². The lowest BCUT2D eigenvalue weighted by Gasteiger charge is -2.16. The Kier molecular flexibility index (Phi) is 3.14. The van der Waals surface area contributed by atoms with Gasteiger partial charge in [0.1, 0.15) is 0 Å². The van der Waals surface area contributed by atoms with Crippen molar-refractivity contribution in [2.75, 3.05) is 17.2 Å². The van der Waals surface area contributed by atoms with Crippen molar-refractivity contribution in [3.8, 4) is 0 Å². The largest absolute Gasteiger partial charge is 0.309 e. The predicted molar refractivity (Wildman–Crippen MR) is 63.4 cm³/mol. The topological polar surface area (TPSA) is 83.1 Å². The first-order chi connectivity index (χ1) is 8.28. The molecular weight excluding hydrogens is 261 g/mol. The number of aryl methyl sites for hydroxylation is 2. The number of hydrogen-bond acceptors (Lipinski definition) is 4. The second kappa shape index (κ2) is 4.34. The highest BCUT2D eigenvalue weighted by Crippen LogP contribution is 2.30. The smallest absolute Gasteiger partial charge is 0.302 e. The van der Waals surface area contributed by atoms with Crippen LogP contribution < -0.4 is 4.90 Å². The molecular formula is C10H14FN3O3S. The van der Waals surface area contributed by atoms with Gasteiger partial charge in [0.15, 0.2) is 0 Å². The van der Waals surface area contributed by atoms with E-state index in [0.717, 1.165) is 5.69 Å². The van der Waals surface area contributed by atoms with Crippen molar-refractivity contribution in [1.82, 2.24) is 10.2 Å². The maximum Gasteiger partial charge on any atom is 0.302 e. The van der Waals surface area contributed by atoms with Crippen LogP contribution in [0.1, 0.15) is 17.8 Å². The Balaban J connectivity index is 2.20. The molecule has 1 aliphatic rings. The number of amides is 1. The summed E-state index contributed by atoms with van der Waals surface area (Å²) in [6.07, 6.45) is 0.0488. The SMILES string of the molecule is Cc1n[nH]c(C)c1N1CC(CS(=O)(=O)F)CC1=O. The summed E-state index contributed by atoms with van der Waals surface area (Å²) < 4.78 is 33.8. The van der Waals surface area contributed by atoms with Crippen LogP contribution >= 0.6 is 0 Å². The van der Waals surface area contributed by atoms with Gasteiger partial charge in [0, 0.05) is 18.9 Å². The maximum absolute atomic E-state index is 12.6. The second-order valence-electron chi connectivity index (χ2n) is 4.56. The van der Waals surface area contributed by atoms with Crippen LogP contribution in [-0.4, -0.2) is 36.8 Å². The number of anilines is 1. The number of nitrogens with one attached hydrogen (secondary N) is 1. The number of aromatic amines is 1. The van der Waals surface area contributed by atoms with E-state index in [1.165, 1.54) is 4.90 Å². The molecule has 0 spiro atoms. The van der Waals surface area contributed by atoms with Gasteiger partial charge in [0.25, 0.3) is 0 Å². The summed E-state index contributed by atoms with van der Waals surface area (Å²) in [7, 11) is -4.55. The number of nitrogens with zero attached hydrogens (tertiary/aromatic N) is 2. The Morgan fingerprint density at radius 2 is 2.17 bits per heavy atom. The summed E-state index contributed by atoms with van der Waals surface area (Å²) in [6.45, 7) is 3.75. The molecule has 1 atom stereocenters. The number of rotatable bonds is 3. The van der Waals surface area contributed by atoms with Crippen molar-refractivity contribution in [2.45, 2.75) is 20.3 Å². The molecule has 8 heteroatoms. The van der Waals surface area contributed by atoms with Crippen LogP contribution in [0, 0.1) is 19.8 Å². The van der Waals surface area contributed by atoms with Crippen LogP contribution in [0.25, 0.3) is 0 Å². The maximum atomic E-state index is 12.6. The zero-order chi connectivity index (χ0) is 13.5. The van der Waals surface area contributed by atoms with E-state index in [1.54, 1.807) is 13.8 Å². The molecule has 1 aromatic heterocycles. The second-order valence-corrected chi connectivity index (χ2v) is 5.97. The molecule has 1 unspecified atom stereocenters. The summed E-state index contributed by atoms with van der Waals surface area (Å²) in [4.78, 5) is 13.3. The van der Waals surface area contributed by atoms with Gasteiger partial charge in [-0.25, -0.2) is 0 Å². The van der Waals surface area contributed by atoms with Crippen LogP contribution in [0.15, 0.2) is 0 Å². The Morgan fingerprint density at radius 1 is 1.50 bits per heavy atom. The lowest BCUT2D eigenvalue weighted by Crippen LogP contribution is -2.26. The molecule has 1 saturated heterocycles. The molecule has 0 saturated carbocycles. The molecule has 1 aliphatic heterocycles. The molecule has 100 valence electrons. The Morgan fingerprint density at radius 3 is 2.67 bits per heavy atom. The minimum Gasteiger partial charge on any atom is -0.309 e. The van der Waals surface area contributed by atoms with Crippen molar-refractivity contribution in [3.05, 3.63) is 11.4 Å². The fraction of sp³-hybridized carbons (Fsp3) is 0.600. The number of carbonyl (C=O) groups is 1. The summed E-state index contributed by atoms with van der Waals surface area (Å²) in [6, 6.07) is 0. The molecule has 1 N–H and O–H groups in total. The minimum absolute atomic E-state index is 0.0488. The summed E-state index contributed by atoms with van der Waals surface area (Å²) >= 11 is 0. The highest BCUT2D eigenvalue weighted by Gasteiger charge is 2.35. The van der Waals surface area contributed by atoms with E-state index in [4.69, 9.17) is 0 Å². The van der Waals surface area contributed by atoms with Gasteiger partial charge in [-0.2, -0.15) is 13.5 Å². The van der Waals surface area contributed by atoms with Gasteiger partial charge in [0.05, 0.1) is 22.8 Å². The third-order valence-electron chi connectivity index (χ3n) is 3.00. The summed E-state index contributed by atoms with van der Waals surface area (Å²) in [5, 5.41) is 6.74. The Hall–Kier alpha value is -1.44. The van der Waals surface area contributed by atoms with Gasteiger partial charge in [-0.1, -0.05) is 0 Å². The molecule has 1 fully saturated rings. The number of carbonyl (C=O) groups excluding carboxylic acids is 1. The van der Waals surface area contributed by atoms with E-state index in [-0.39, 0.29) is 18.9 Å². The predicted octanol–water partition coefficient (Wildman–Crippen LogP) is 0.679. The highest BCUT2D eigenvalue weighted by molar-refractivity contribution is 7.86. The summed E-state index contributed by atoms with van der Waals surface area (Å²) in [5.41, 5.74) is 2.08. The number of H-pyrrole nitrogens is 1. The molecule has 2 rings (SSSR count). The van der Waals surface area contributed by atoms with E-state index < -0.39 is 21.9 Å². The van der Waals surface area contributed by atoms with Crippen molar-refractivity contribution in [2.24, 2.45) is 5.92 Å². The zero-order valence-electron chi connectivity index (χ0n) is 10.1. The quantitative estimate of drug-likeness (QED) is 0.822. The molecule has 2 heterocycles. The van der Waals surface area contributed by atoms with E-state index in [0.29, 0.717) is 11.4 Å². The normalized spacial score (nSPS) is 20.7. The van der Waals surface area contributed by atoms with E-state index in [1.807, 2.05) is 0 Å². The zero-order valence-corrected chi connectivity index (χ0v) is 10.9. The van der Waals surface area contributed by atoms with Crippen molar-refractivity contribution >= 4 is 21.8 Å². The van der Waals surface area contributed by atoms with Gasteiger partial charge in [-0.05, 0) is 13.8 Å². The van der Waals surface area contributed by atoms with Crippen LogP contribution in [0.2, 0.25) is 0 Å². The Labute approximate surface area is 104 Å². The number of hydrogen-bond donors (Lipinski definition) is 1. The molecule has 1 aromatic rings. The van der Waals surface area contributed by atoms with Gasteiger partial charge in [0.2, 0.25) is 5.91 Å². The van der Waals surface area contributed by atoms with Gasteiger partial charge in [-0.3, -0.25) is 9.89 Å². The lowest BCUT2D eigenvalue weighted by molar-refractivity contribution is -0.117. The van der Waals surface area contributed by atoms with Crippen molar-refractivity contribution < 1.29 is 17.1 Å². The summed E-state index contributed by atoms with van der Waals surface area (Å²) in [5.74, 6) is -1.30. The fourth-order valence-corrected chi connectivity index (χ4v) is 3.12. The van der Waals surface area contributed by atoms with E-state index in [2.05, 4.69) is 10.2 Å². The third-order valence-corrected chi connectivity index (χ3v) is 3.87. The molecule has 1 amide bonds. The van der Waals surface area contributed by atoms with Gasteiger partial charge < -0.3 is 4.90 Å². The van der Waals surface area contributed by atoms with Crippen LogP contribution in [-0.2, 0) is 15.0 Å². The van der Waals surface area contributed by atoms with Crippen molar-refractivity contribution in [3.63, 3.8) is 0 Å². The fourth-order valence-electron chi connectivity index (χ4n) is 2.33. The average molecular weight is 275 g/mol. The molecule has 0 bridgehead atoms. The van der Waals surface area contributed by atoms with Crippen LogP contribution in [0.3, 0.4) is 0 Å². The van der Waals surface area contributed by atoms with Crippen molar-refractivity contribution in [1.29, 1.82) is 0 Å². The first-order valence-electron chi connectivity index (χ1n) is 5.52. The molecule has 6 nitrogen and oxygen atoms in total. The van der Waals surface area contributed by atoms with Crippen LogP contribution in [0.4, 0.5) is 9.57 Å². The van der Waals surface area contributed by atoms with Gasteiger partial charge >= 0.3 is 10.2 Å². The number of aromatic nitrogens is 2. The molecule has 0 radical (unpaired) electrons. The highest BCUT2D eigenvalue weighted by atomic mass is 32.3. The standard InChI is InChI=1S/C10H14FN3O3S/c1-6-10(7(2)13-12-6)14-4-8(3-9(14)15)5-18(11,16)17/h8H,3-5H2,1-2H3,(H,12,13). The number of halogens is 1. The molecule has 0 aromatic carbocycles. The lowest BCUT2D eigenvalue weighted by atomic mass is 10.1.